The topological polar surface area (TPSA) is 59.1 Å². The average Bonchev–Trinajstić information content (AvgIpc) is 2.19. The van der Waals surface area contributed by atoms with Gasteiger partial charge in [-0.2, -0.15) is 0 Å². The van der Waals surface area contributed by atoms with E-state index in [1.807, 2.05) is 32.0 Å². The highest BCUT2D eigenvalue weighted by Gasteiger charge is 2.07. The second-order valence-corrected chi connectivity index (χ2v) is 4.17. The molecule has 1 aromatic rings. The van der Waals surface area contributed by atoms with E-state index >= 15 is 0 Å². The van der Waals surface area contributed by atoms with Crippen molar-refractivity contribution in [2.45, 2.75) is 32.8 Å². The quantitative estimate of drug-likeness (QED) is 0.614. The van der Waals surface area contributed by atoms with Gasteiger partial charge in [-0.3, -0.25) is 5.41 Å². The third-order valence-corrected chi connectivity index (χ3v) is 2.61. The van der Waals surface area contributed by atoms with Gasteiger partial charge in [0, 0.05) is 11.4 Å². The van der Waals surface area contributed by atoms with Gasteiger partial charge in [0.15, 0.2) is 0 Å². The molecule has 0 saturated heterocycles. The summed E-state index contributed by atoms with van der Waals surface area (Å²) in [4.78, 5) is 0. The molecule has 0 fully saturated rings. The fraction of sp³-hybridized carbons (Fsp3) is 0.417. The zero-order chi connectivity index (χ0) is 12.1. The zero-order valence-corrected chi connectivity index (χ0v) is 10.3. The lowest BCUT2D eigenvalue weighted by Gasteiger charge is -2.14. The molecule has 4 heteroatoms. The minimum absolute atomic E-state index is 0.0941. The summed E-state index contributed by atoms with van der Waals surface area (Å²) in [6.45, 7) is 3.94. The van der Waals surface area contributed by atoms with Crippen molar-refractivity contribution in [3.63, 3.8) is 0 Å². The number of amidine groups is 1. The normalized spacial score (nSPS) is 12.2. The van der Waals surface area contributed by atoms with Gasteiger partial charge in [0.2, 0.25) is 0 Å². The third kappa shape index (κ3) is 3.74. The summed E-state index contributed by atoms with van der Waals surface area (Å²) in [6.07, 6.45) is 1.21. The molecular formula is C12H17ClN2O. The number of nitrogens with two attached hydrogens (primary N) is 1. The molecule has 0 heterocycles. The van der Waals surface area contributed by atoms with Gasteiger partial charge in [0.25, 0.3) is 0 Å². The Morgan fingerprint density at radius 1 is 1.56 bits per heavy atom. The van der Waals surface area contributed by atoms with E-state index in [1.54, 1.807) is 0 Å². The predicted octanol–water partition coefficient (Wildman–Crippen LogP) is 3.00. The van der Waals surface area contributed by atoms with E-state index in [2.05, 4.69) is 0 Å². The first-order chi connectivity index (χ1) is 7.52. The van der Waals surface area contributed by atoms with Crippen LogP contribution in [0, 0.1) is 5.41 Å². The van der Waals surface area contributed by atoms with Crippen LogP contribution in [0.3, 0.4) is 0 Å². The molecule has 0 aliphatic heterocycles. The molecule has 0 spiro atoms. The fourth-order valence-corrected chi connectivity index (χ4v) is 1.73. The van der Waals surface area contributed by atoms with Gasteiger partial charge in [-0.05, 0) is 37.1 Å². The van der Waals surface area contributed by atoms with E-state index in [0.29, 0.717) is 6.42 Å². The number of nitrogens with one attached hydrogen (secondary N) is 1. The summed E-state index contributed by atoms with van der Waals surface area (Å²) >= 11 is 6.01. The number of hydrogen-bond donors (Lipinski definition) is 2. The minimum Gasteiger partial charge on any atom is -0.490 e. The number of halogens is 1. The summed E-state index contributed by atoms with van der Waals surface area (Å²) in [5.41, 5.74) is 6.37. The van der Waals surface area contributed by atoms with Crippen molar-refractivity contribution in [2.75, 3.05) is 0 Å². The highest BCUT2D eigenvalue weighted by molar-refractivity contribution is 6.31. The molecule has 1 unspecified atom stereocenters. The van der Waals surface area contributed by atoms with Crippen LogP contribution in [0.4, 0.5) is 0 Å². The van der Waals surface area contributed by atoms with Crippen molar-refractivity contribution < 1.29 is 4.74 Å². The number of benzene rings is 1. The molecule has 0 bridgehead atoms. The molecule has 3 nitrogen and oxygen atoms in total. The Labute approximate surface area is 101 Å². The average molecular weight is 241 g/mol. The molecule has 16 heavy (non-hydrogen) atoms. The lowest BCUT2D eigenvalue weighted by Crippen LogP contribution is -2.21. The van der Waals surface area contributed by atoms with Crippen molar-refractivity contribution in [2.24, 2.45) is 5.73 Å². The van der Waals surface area contributed by atoms with Crippen molar-refractivity contribution in [1.82, 2.24) is 0 Å². The molecule has 0 aliphatic rings. The summed E-state index contributed by atoms with van der Waals surface area (Å²) in [7, 11) is 0. The van der Waals surface area contributed by atoms with Crippen LogP contribution in [-0.2, 0) is 6.42 Å². The molecule has 0 radical (unpaired) electrons. The van der Waals surface area contributed by atoms with Gasteiger partial charge < -0.3 is 10.5 Å². The summed E-state index contributed by atoms with van der Waals surface area (Å²) in [6, 6.07) is 5.59. The molecule has 88 valence electrons. The molecule has 3 N–H and O–H groups in total. The maximum Gasteiger partial charge on any atom is 0.120 e. The van der Waals surface area contributed by atoms with Crippen LogP contribution >= 0.6 is 11.6 Å². The summed E-state index contributed by atoms with van der Waals surface area (Å²) in [5, 5.41) is 7.94. The van der Waals surface area contributed by atoms with Crippen molar-refractivity contribution in [3.8, 4) is 5.75 Å². The number of rotatable bonds is 5. The van der Waals surface area contributed by atoms with E-state index in [0.717, 1.165) is 22.8 Å². The molecule has 1 aromatic carbocycles. The van der Waals surface area contributed by atoms with Crippen LogP contribution in [-0.4, -0.2) is 11.9 Å². The van der Waals surface area contributed by atoms with Crippen LogP contribution in [0.25, 0.3) is 0 Å². The van der Waals surface area contributed by atoms with Gasteiger partial charge in [-0.25, -0.2) is 0 Å². The van der Waals surface area contributed by atoms with E-state index in [4.69, 9.17) is 27.5 Å². The van der Waals surface area contributed by atoms with E-state index in [-0.39, 0.29) is 11.9 Å². The highest BCUT2D eigenvalue weighted by Crippen LogP contribution is 2.23. The molecule has 0 aliphatic carbocycles. The molecule has 1 atom stereocenters. The van der Waals surface area contributed by atoms with Gasteiger partial charge in [-0.1, -0.05) is 18.5 Å². The maximum atomic E-state index is 7.18. The molecule has 0 amide bonds. The minimum atomic E-state index is -0.0941. The second kappa shape index (κ2) is 5.75. The van der Waals surface area contributed by atoms with Crippen LogP contribution in [0.1, 0.15) is 25.8 Å². The standard InChI is InChI=1S/C12H17ClN2O/c1-3-9-7-10(4-5-11(9)13)16-8(2)6-12(14)15/h4-5,7-8H,3,6H2,1-2H3,(H3,14,15). The van der Waals surface area contributed by atoms with Gasteiger partial charge in [0.1, 0.15) is 11.9 Å². The number of aryl methyl sites for hydroxylation is 1. The van der Waals surface area contributed by atoms with Crippen LogP contribution in [0.2, 0.25) is 5.02 Å². The first-order valence-corrected chi connectivity index (χ1v) is 5.68. The van der Waals surface area contributed by atoms with E-state index in [1.165, 1.54) is 0 Å². The maximum absolute atomic E-state index is 7.18. The highest BCUT2D eigenvalue weighted by atomic mass is 35.5. The van der Waals surface area contributed by atoms with Crippen LogP contribution < -0.4 is 10.5 Å². The largest absolute Gasteiger partial charge is 0.490 e. The molecule has 1 rings (SSSR count). The monoisotopic (exact) mass is 240 g/mol. The predicted molar refractivity (Wildman–Crippen MR) is 67.5 cm³/mol. The molecule has 0 saturated carbocycles. The molecule has 0 aromatic heterocycles. The zero-order valence-electron chi connectivity index (χ0n) is 9.59. The van der Waals surface area contributed by atoms with E-state index < -0.39 is 0 Å². The first-order valence-electron chi connectivity index (χ1n) is 5.31. The Morgan fingerprint density at radius 2 is 2.25 bits per heavy atom. The van der Waals surface area contributed by atoms with Crippen molar-refractivity contribution >= 4 is 17.4 Å². The third-order valence-electron chi connectivity index (χ3n) is 2.24. The Balaban J connectivity index is 2.70. The smallest absolute Gasteiger partial charge is 0.120 e. The number of hydrogen-bond acceptors (Lipinski definition) is 2. The van der Waals surface area contributed by atoms with Crippen molar-refractivity contribution in [3.05, 3.63) is 28.8 Å². The van der Waals surface area contributed by atoms with Crippen LogP contribution in [0.5, 0.6) is 5.75 Å². The lowest BCUT2D eigenvalue weighted by molar-refractivity contribution is 0.229. The fourth-order valence-electron chi connectivity index (χ4n) is 1.48. The first kappa shape index (κ1) is 12.8. The lowest BCUT2D eigenvalue weighted by atomic mass is 10.1. The van der Waals surface area contributed by atoms with Crippen molar-refractivity contribution in [1.29, 1.82) is 5.41 Å². The van der Waals surface area contributed by atoms with E-state index in [9.17, 15) is 0 Å². The molecular weight excluding hydrogens is 224 g/mol. The van der Waals surface area contributed by atoms with Crippen LogP contribution in [0.15, 0.2) is 18.2 Å². The Hall–Kier alpha value is -1.22. The summed E-state index contributed by atoms with van der Waals surface area (Å²) in [5.74, 6) is 0.909. The number of ether oxygens (including phenoxy) is 1. The Morgan fingerprint density at radius 3 is 2.81 bits per heavy atom. The van der Waals surface area contributed by atoms with Gasteiger partial charge in [0.05, 0.1) is 5.84 Å². The second-order valence-electron chi connectivity index (χ2n) is 3.76. The van der Waals surface area contributed by atoms with Gasteiger partial charge in [-0.15, -0.1) is 0 Å². The Bertz CT molecular complexity index is 379. The summed E-state index contributed by atoms with van der Waals surface area (Å²) < 4.78 is 5.64. The van der Waals surface area contributed by atoms with Gasteiger partial charge >= 0.3 is 0 Å². The Kier molecular flexibility index (Phi) is 4.62. The SMILES string of the molecule is CCc1cc(OC(C)CC(=N)N)ccc1Cl.